The van der Waals surface area contributed by atoms with Crippen LogP contribution in [0.1, 0.15) is 30.3 Å². The fraction of sp³-hybridized carbons (Fsp3) is 0.278. The Balaban J connectivity index is 2.02. The highest BCUT2D eigenvalue weighted by Gasteiger charge is 2.24. The average Bonchev–Trinajstić information content (AvgIpc) is 2.56. The third kappa shape index (κ3) is 4.76. The largest absolute Gasteiger partial charge is 0.456 e. The molecule has 24 heavy (non-hydrogen) atoms. The number of rotatable bonds is 7. The Morgan fingerprint density at radius 3 is 2.12 bits per heavy atom. The lowest BCUT2D eigenvalue weighted by molar-refractivity contribution is -0.161. The molecule has 0 saturated heterocycles. The number of alkyl halides is 2. The Labute approximate surface area is 139 Å². The van der Waals surface area contributed by atoms with E-state index in [0.29, 0.717) is 11.1 Å². The number of methoxy groups -OCH3 is 1. The van der Waals surface area contributed by atoms with Crippen molar-refractivity contribution >= 4 is 5.97 Å². The van der Waals surface area contributed by atoms with Crippen LogP contribution in [0, 0.1) is 0 Å². The van der Waals surface area contributed by atoms with Crippen LogP contribution in [0.5, 0.6) is 5.75 Å². The predicted octanol–water partition coefficient (Wildman–Crippen LogP) is 4.28. The maximum atomic E-state index is 12.3. The zero-order chi connectivity index (χ0) is 17.5. The van der Waals surface area contributed by atoms with E-state index in [0.717, 1.165) is 0 Å². The number of carbonyl (C=O) groups is 1. The third-order valence-corrected chi connectivity index (χ3v) is 3.42. The summed E-state index contributed by atoms with van der Waals surface area (Å²) in [4.78, 5) is 12.3. The lowest BCUT2D eigenvalue weighted by Gasteiger charge is -2.19. The van der Waals surface area contributed by atoms with Crippen molar-refractivity contribution in [2.75, 3.05) is 7.11 Å². The summed E-state index contributed by atoms with van der Waals surface area (Å²) in [6, 6.07) is 14.9. The molecule has 0 N–H and O–H groups in total. The Hall–Kier alpha value is -2.47. The van der Waals surface area contributed by atoms with Crippen LogP contribution in [0.2, 0.25) is 0 Å². The van der Waals surface area contributed by atoms with Crippen molar-refractivity contribution in [3.8, 4) is 5.75 Å². The molecular formula is C18H18F2O4. The van der Waals surface area contributed by atoms with Crippen LogP contribution in [0.15, 0.2) is 54.6 Å². The third-order valence-electron chi connectivity index (χ3n) is 3.42. The molecule has 0 aliphatic carbocycles. The van der Waals surface area contributed by atoms with E-state index in [1.807, 2.05) is 6.07 Å². The summed E-state index contributed by atoms with van der Waals surface area (Å²) in [5, 5.41) is 0. The van der Waals surface area contributed by atoms with Gasteiger partial charge in [-0.05, 0) is 30.2 Å². The first-order valence-electron chi connectivity index (χ1n) is 7.34. The summed E-state index contributed by atoms with van der Waals surface area (Å²) < 4.78 is 39.2. The molecule has 0 saturated carbocycles. The maximum absolute atomic E-state index is 12.3. The van der Waals surface area contributed by atoms with Crippen LogP contribution < -0.4 is 4.74 Å². The standard InChI is InChI=1S/C18H18F2O4/c1-12(13-8-10-15(11-9-13)24-18(19)20)23-17(21)16(22-2)14-6-4-3-5-7-14/h3-12,16,18H,1-2H3. The van der Waals surface area contributed by atoms with Gasteiger partial charge >= 0.3 is 12.6 Å². The number of carbonyl (C=O) groups excluding carboxylic acids is 1. The molecule has 6 heteroatoms. The lowest BCUT2D eigenvalue weighted by atomic mass is 10.1. The van der Waals surface area contributed by atoms with Gasteiger partial charge in [0.15, 0.2) is 6.10 Å². The molecule has 2 aromatic carbocycles. The van der Waals surface area contributed by atoms with E-state index in [1.54, 1.807) is 43.3 Å². The molecule has 128 valence electrons. The van der Waals surface area contributed by atoms with Gasteiger partial charge in [0, 0.05) is 7.11 Å². The highest BCUT2D eigenvalue weighted by Crippen LogP contribution is 2.25. The Kier molecular flexibility index (Phi) is 6.26. The topological polar surface area (TPSA) is 44.8 Å². The first-order chi connectivity index (χ1) is 11.5. The monoisotopic (exact) mass is 336 g/mol. The van der Waals surface area contributed by atoms with E-state index < -0.39 is 24.8 Å². The molecule has 0 bridgehead atoms. The minimum Gasteiger partial charge on any atom is -0.456 e. The SMILES string of the molecule is COC(C(=O)OC(C)c1ccc(OC(F)F)cc1)c1ccccc1. The number of halogens is 2. The van der Waals surface area contributed by atoms with E-state index in [4.69, 9.17) is 9.47 Å². The fourth-order valence-corrected chi connectivity index (χ4v) is 2.22. The zero-order valence-electron chi connectivity index (χ0n) is 13.3. The molecule has 4 nitrogen and oxygen atoms in total. The Morgan fingerprint density at radius 1 is 0.958 bits per heavy atom. The van der Waals surface area contributed by atoms with Crippen LogP contribution in [-0.2, 0) is 14.3 Å². The minimum atomic E-state index is -2.88. The van der Waals surface area contributed by atoms with E-state index >= 15 is 0 Å². The molecule has 0 amide bonds. The smallest absolute Gasteiger partial charge is 0.387 e. The fourth-order valence-electron chi connectivity index (χ4n) is 2.22. The van der Waals surface area contributed by atoms with Gasteiger partial charge in [0.2, 0.25) is 0 Å². The quantitative estimate of drug-likeness (QED) is 0.708. The van der Waals surface area contributed by atoms with Crippen LogP contribution in [0.3, 0.4) is 0 Å². The Bertz CT molecular complexity index is 644. The van der Waals surface area contributed by atoms with Crippen molar-refractivity contribution in [3.05, 3.63) is 65.7 Å². The summed E-state index contributed by atoms with van der Waals surface area (Å²) in [6.45, 7) is -1.18. The first-order valence-corrected chi connectivity index (χ1v) is 7.34. The highest BCUT2D eigenvalue weighted by atomic mass is 19.3. The van der Waals surface area contributed by atoms with Crippen molar-refractivity contribution in [1.82, 2.24) is 0 Å². The van der Waals surface area contributed by atoms with Gasteiger partial charge < -0.3 is 14.2 Å². The number of hydrogen-bond acceptors (Lipinski definition) is 4. The second-order valence-electron chi connectivity index (χ2n) is 5.05. The van der Waals surface area contributed by atoms with Crippen LogP contribution in [0.4, 0.5) is 8.78 Å². The van der Waals surface area contributed by atoms with Crippen LogP contribution >= 0.6 is 0 Å². The molecular weight excluding hydrogens is 318 g/mol. The summed E-state index contributed by atoms with van der Waals surface area (Å²) in [7, 11) is 1.43. The summed E-state index contributed by atoms with van der Waals surface area (Å²) in [5.41, 5.74) is 1.35. The predicted molar refractivity (Wildman–Crippen MR) is 83.8 cm³/mol. The molecule has 2 atom stereocenters. The molecule has 0 heterocycles. The van der Waals surface area contributed by atoms with E-state index in [1.165, 1.54) is 19.2 Å². The lowest BCUT2D eigenvalue weighted by Crippen LogP contribution is -2.19. The van der Waals surface area contributed by atoms with Gasteiger partial charge in [-0.2, -0.15) is 8.78 Å². The molecule has 0 aliphatic heterocycles. The molecule has 2 unspecified atom stereocenters. The van der Waals surface area contributed by atoms with Crippen molar-refractivity contribution in [2.45, 2.75) is 25.7 Å². The molecule has 2 rings (SSSR count). The van der Waals surface area contributed by atoms with Crippen molar-refractivity contribution < 1.29 is 27.8 Å². The number of benzene rings is 2. The number of hydrogen-bond donors (Lipinski definition) is 0. The van der Waals surface area contributed by atoms with Crippen molar-refractivity contribution in [1.29, 1.82) is 0 Å². The normalized spacial score (nSPS) is 13.4. The van der Waals surface area contributed by atoms with Gasteiger partial charge in [-0.25, -0.2) is 4.79 Å². The molecule has 2 aromatic rings. The Morgan fingerprint density at radius 2 is 1.58 bits per heavy atom. The van der Waals surface area contributed by atoms with E-state index in [2.05, 4.69) is 4.74 Å². The molecule has 0 aromatic heterocycles. The molecule has 0 aliphatic rings. The summed E-state index contributed by atoms with van der Waals surface area (Å²) in [6.07, 6.45) is -1.38. The second kappa shape index (κ2) is 8.40. The highest BCUT2D eigenvalue weighted by molar-refractivity contribution is 5.76. The summed E-state index contributed by atoms with van der Waals surface area (Å²) in [5.74, 6) is -0.476. The zero-order valence-corrected chi connectivity index (χ0v) is 13.3. The van der Waals surface area contributed by atoms with Gasteiger partial charge in [0.05, 0.1) is 0 Å². The van der Waals surface area contributed by atoms with E-state index in [-0.39, 0.29) is 5.75 Å². The number of esters is 1. The van der Waals surface area contributed by atoms with Crippen molar-refractivity contribution in [2.24, 2.45) is 0 Å². The van der Waals surface area contributed by atoms with Crippen LogP contribution in [0.25, 0.3) is 0 Å². The van der Waals surface area contributed by atoms with Crippen molar-refractivity contribution in [3.63, 3.8) is 0 Å². The first kappa shape index (κ1) is 17.9. The molecule has 0 radical (unpaired) electrons. The van der Waals surface area contributed by atoms with Gasteiger partial charge in [-0.15, -0.1) is 0 Å². The summed E-state index contributed by atoms with van der Waals surface area (Å²) >= 11 is 0. The second-order valence-corrected chi connectivity index (χ2v) is 5.05. The van der Waals surface area contributed by atoms with Gasteiger partial charge in [-0.3, -0.25) is 0 Å². The van der Waals surface area contributed by atoms with Crippen LogP contribution in [-0.4, -0.2) is 19.7 Å². The minimum absolute atomic E-state index is 0.0475. The average molecular weight is 336 g/mol. The maximum Gasteiger partial charge on any atom is 0.387 e. The van der Waals surface area contributed by atoms with E-state index in [9.17, 15) is 13.6 Å². The van der Waals surface area contributed by atoms with Gasteiger partial charge in [0.1, 0.15) is 11.9 Å². The molecule has 0 spiro atoms. The van der Waals surface area contributed by atoms with Gasteiger partial charge in [-0.1, -0.05) is 42.5 Å². The number of ether oxygens (including phenoxy) is 3. The molecule has 0 fully saturated rings. The van der Waals surface area contributed by atoms with Gasteiger partial charge in [0.25, 0.3) is 0 Å².